The first-order valence-corrected chi connectivity index (χ1v) is 9.14. The second-order valence-corrected chi connectivity index (χ2v) is 6.69. The van der Waals surface area contributed by atoms with Crippen LogP contribution in [0.1, 0.15) is 12.0 Å². The number of nitrogens with zero attached hydrogens (tertiary/aromatic N) is 2. The van der Waals surface area contributed by atoms with E-state index in [0.717, 1.165) is 35.6 Å². The lowest BCUT2D eigenvalue weighted by molar-refractivity contribution is -0.159. The molecule has 8 nitrogen and oxygen atoms in total. The third-order valence-corrected chi connectivity index (χ3v) is 4.45. The first kappa shape index (κ1) is 22.2. The number of oxazole rings is 1. The second kappa shape index (κ2) is 10.4. The first-order valence-electron chi connectivity index (χ1n) is 8.76. The molecule has 1 aromatic heterocycles. The maximum atomic E-state index is 11.9. The molecular formula is C20H21ClN2O6. The zero-order valence-corrected chi connectivity index (χ0v) is 16.5. The molecule has 3 aromatic rings. The monoisotopic (exact) mass is 420 g/mol. The lowest BCUT2D eigenvalue weighted by Gasteiger charge is -2.17. The number of fused-ring (bicyclic) bond motifs is 1. The van der Waals surface area contributed by atoms with Crippen molar-refractivity contribution in [2.75, 3.05) is 13.6 Å². The van der Waals surface area contributed by atoms with Crippen LogP contribution in [0, 0.1) is 0 Å². The van der Waals surface area contributed by atoms with Crippen molar-refractivity contribution in [3.05, 3.63) is 69.7 Å². The van der Waals surface area contributed by atoms with Crippen molar-refractivity contribution in [2.24, 2.45) is 0 Å². The number of rotatable bonds is 6. The highest BCUT2D eigenvalue weighted by Crippen LogP contribution is 2.17. The molecule has 2 aromatic carbocycles. The fourth-order valence-corrected chi connectivity index (χ4v) is 2.92. The summed E-state index contributed by atoms with van der Waals surface area (Å²) < 4.78 is 6.94. The summed E-state index contributed by atoms with van der Waals surface area (Å²) >= 11 is 6.19. The molecule has 154 valence electrons. The fraction of sp³-hybridized carbons (Fsp3) is 0.250. The Labute approximate surface area is 171 Å². The molecule has 0 spiro atoms. The second-order valence-electron chi connectivity index (χ2n) is 6.28. The molecule has 0 fully saturated rings. The van der Waals surface area contributed by atoms with Crippen LogP contribution in [0.5, 0.6) is 0 Å². The predicted molar refractivity (Wildman–Crippen MR) is 108 cm³/mol. The van der Waals surface area contributed by atoms with E-state index in [1.807, 2.05) is 48.5 Å². The highest BCUT2D eigenvalue weighted by molar-refractivity contribution is 6.31. The topological polar surface area (TPSA) is 113 Å². The minimum Gasteiger partial charge on any atom is -0.473 e. The van der Waals surface area contributed by atoms with Gasteiger partial charge in [-0.2, -0.15) is 0 Å². The van der Waals surface area contributed by atoms with Gasteiger partial charge in [0, 0.05) is 18.1 Å². The highest BCUT2D eigenvalue weighted by Gasteiger charge is 2.09. The summed E-state index contributed by atoms with van der Waals surface area (Å²) in [6.07, 6.45) is 0.865. The number of hydrogen-bond donors (Lipinski definition) is 2. The summed E-state index contributed by atoms with van der Waals surface area (Å²) in [4.78, 5) is 32.3. The minimum absolute atomic E-state index is 0.292. The number of halogens is 1. The average Bonchev–Trinajstić information content (AvgIpc) is 2.99. The van der Waals surface area contributed by atoms with Gasteiger partial charge in [0.05, 0.1) is 5.52 Å². The van der Waals surface area contributed by atoms with Gasteiger partial charge in [0.2, 0.25) is 0 Å². The quantitative estimate of drug-likeness (QED) is 0.589. The van der Waals surface area contributed by atoms with Crippen molar-refractivity contribution in [1.82, 2.24) is 9.47 Å². The van der Waals surface area contributed by atoms with E-state index in [2.05, 4.69) is 11.9 Å². The summed E-state index contributed by atoms with van der Waals surface area (Å²) in [5.74, 6) is -3.94. The molecule has 0 aliphatic carbocycles. The van der Waals surface area contributed by atoms with Gasteiger partial charge in [-0.15, -0.1) is 0 Å². The summed E-state index contributed by atoms with van der Waals surface area (Å²) in [6, 6.07) is 15.4. The molecule has 29 heavy (non-hydrogen) atoms. The fourth-order valence-electron chi connectivity index (χ4n) is 2.72. The van der Waals surface area contributed by atoms with Crippen LogP contribution in [0.2, 0.25) is 5.02 Å². The Morgan fingerprint density at radius 1 is 1.07 bits per heavy atom. The Bertz CT molecular complexity index is 1030. The molecule has 0 radical (unpaired) electrons. The molecule has 2 N–H and O–H groups in total. The number of benzene rings is 2. The molecule has 0 aliphatic heterocycles. The van der Waals surface area contributed by atoms with Crippen LogP contribution >= 0.6 is 11.6 Å². The summed E-state index contributed by atoms with van der Waals surface area (Å²) in [5, 5.41) is 15.6. The third kappa shape index (κ3) is 6.48. The van der Waals surface area contributed by atoms with E-state index in [0.29, 0.717) is 12.1 Å². The maximum absolute atomic E-state index is 11.9. The number of aromatic nitrogens is 1. The molecule has 0 amide bonds. The molecular weight excluding hydrogens is 400 g/mol. The predicted octanol–water partition coefficient (Wildman–Crippen LogP) is 2.93. The van der Waals surface area contributed by atoms with Gasteiger partial charge in [-0.05, 0) is 43.8 Å². The van der Waals surface area contributed by atoms with Crippen LogP contribution in [0.4, 0.5) is 0 Å². The van der Waals surface area contributed by atoms with E-state index in [1.54, 1.807) is 4.57 Å². The minimum atomic E-state index is -1.82. The van der Waals surface area contributed by atoms with Crippen molar-refractivity contribution in [1.29, 1.82) is 0 Å². The number of para-hydroxylation sites is 2. The number of carboxylic acids is 2. The van der Waals surface area contributed by atoms with Crippen molar-refractivity contribution < 1.29 is 24.2 Å². The number of aryl methyl sites for hydroxylation is 1. The van der Waals surface area contributed by atoms with Gasteiger partial charge < -0.3 is 19.5 Å². The number of carboxylic acid groups (broad SMARTS) is 2. The van der Waals surface area contributed by atoms with E-state index < -0.39 is 11.9 Å². The SMILES string of the molecule is CN(CCCn1c(=O)oc2ccccc21)Cc1ccccc1Cl.O=C(O)C(=O)O. The van der Waals surface area contributed by atoms with Gasteiger partial charge in [-0.1, -0.05) is 41.9 Å². The molecule has 0 bridgehead atoms. The van der Waals surface area contributed by atoms with Crippen LogP contribution in [-0.2, 0) is 22.7 Å². The first-order chi connectivity index (χ1) is 13.8. The van der Waals surface area contributed by atoms with Gasteiger partial charge in [0.1, 0.15) is 0 Å². The van der Waals surface area contributed by atoms with Crippen molar-refractivity contribution >= 4 is 34.6 Å². The molecule has 0 unspecified atom stereocenters. The van der Waals surface area contributed by atoms with E-state index in [-0.39, 0.29) is 5.76 Å². The molecule has 1 heterocycles. The Hall–Kier alpha value is -3.10. The smallest absolute Gasteiger partial charge is 0.419 e. The maximum Gasteiger partial charge on any atom is 0.419 e. The number of aliphatic carboxylic acids is 2. The largest absolute Gasteiger partial charge is 0.473 e. The van der Waals surface area contributed by atoms with Crippen LogP contribution in [0.25, 0.3) is 11.1 Å². The summed E-state index contributed by atoms with van der Waals surface area (Å²) in [5.41, 5.74) is 2.61. The number of hydrogen-bond acceptors (Lipinski definition) is 5. The van der Waals surface area contributed by atoms with E-state index in [4.69, 9.17) is 35.8 Å². The molecule has 0 aliphatic rings. The normalized spacial score (nSPS) is 10.6. The van der Waals surface area contributed by atoms with Gasteiger partial charge in [0.25, 0.3) is 0 Å². The Morgan fingerprint density at radius 2 is 1.69 bits per heavy atom. The van der Waals surface area contributed by atoms with Gasteiger partial charge in [-0.25, -0.2) is 14.4 Å². The lowest BCUT2D eigenvalue weighted by Crippen LogP contribution is -2.22. The third-order valence-electron chi connectivity index (χ3n) is 4.08. The van der Waals surface area contributed by atoms with Crippen LogP contribution in [0.15, 0.2) is 57.7 Å². The van der Waals surface area contributed by atoms with Gasteiger partial charge in [-0.3, -0.25) is 4.57 Å². The van der Waals surface area contributed by atoms with Crippen LogP contribution in [0.3, 0.4) is 0 Å². The standard InChI is InChI=1S/C18H19ClN2O2.C2H2O4/c1-20(13-14-7-2-3-8-15(14)19)11-6-12-21-16-9-4-5-10-17(16)23-18(21)22;3-1(4)2(5)6/h2-5,7-10H,6,11-13H2,1H3;(H,3,4)(H,5,6). The molecule has 0 saturated carbocycles. The van der Waals surface area contributed by atoms with Crippen molar-refractivity contribution in [2.45, 2.75) is 19.5 Å². The highest BCUT2D eigenvalue weighted by atomic mass is 35.5. The Balaban J connectivity index is 0.000000438. The summed E-state index contributed by atoms with van der Waals surface area (Å²) in [6.45, 7) is 2.31. The van der Waals surface area contributed by atoms with E-state index in [1.165, 1.54) is 0 Å². The zero-order chi connectivity index (χ0) is 21.4. The van der Waals surface area contributed by atoms with Crippen LogP contribution < -0.4 is 5.76 Å². The molecule has 0 saturated heterocycles. The van der Waals surface area contributed by atoms with E-state index in [9.17, 15) is 4.79 Å². The van der Waals surface area contributed by atoms with Gasteiger partial charge in [0.15, 0.2) is 5.58 Å². The number of carbonyl (C=O) groups is 2. The zero-order valence-electron chi connectivity index (χ0n) is 15.7. The lowest BCUT2D eigenvalue weighted by atomic mass is 10.2. The molecule has 0 atom stereocenters. The van der Waals surface area contributed by atoms with Gasteiger partial charge >= 0.3 is 17.7 Å². The summed E-state index contributed by atoms with van der Waals surface area (Å²) in [7, 11) is 2.06. The average molecular weight is 421 g/mol. The molecule has 3 rings (SSSR count). The van der Waals surface area contributed by atoms with Crippen molar-refractivity contribution in [3.8, 4) is 0 Å². The van der Waals surface area contributed by atoms with Crippen LogP contribution in [-0.4, -0.2) is 45.2 Å². The Morgan fingerprint density at radius 3 is 2.34 bits per heavy atom. The molecule has 9 heteroatoms. The van der Waals surface area contributed by atoms with Crippen molar-refractivity contribution in [3.63, 3.8) is 0 Å². The van der Waals surface area contributed by atoms with E-state index >= 15 is 0 Å². The Kier molecular flexibility index (Phi) is 7.99.